The molecule has 9 aromatic rings. The first-order chi connectivity index (χ1) is 38.3. The first-order valence-corrected chi connectivity index (χ1v) is 30.6. The smallest absolute Gasteiger partial charge is 0.0261 e. The monoisotopic (exact) mass is 1350 g/mol. The van der Waals surface area contributed by atoms with Crippen molar-refractivity contribution in [3.63, 3.8) is 0 Å². The fourth-order valence-electron chi connectivity index (χ4n) is 8.81. The molecule has 0 amide bonds. The van der Waals surface area contributed by atoms with Crippen LogP contribution in [-0.4, -0.2) is 5.83 Å². The normalized spacial score (nSPS) is 10.7. The number of allylic oxidation sites excluding steroid dienone is 10. The first kappa shape index (κ1) is 61.8. The number of halogens is 5. The predicted molar refractivity (Wildman–Crippen MR) is 369 cm³/mol. The van der Waals surface area contributed by atoms with E-state index in [1.54, 1.807) is 18.2 Å². The number of hydrogen-bond acceptors (Lipinski definition) is 0. The Bertz CT molecular complexity index is 3610. The number of alkyl halides is 1. The van der Waals surface area contributed by atoms with Crippen molar-refractivity contribution in [2.75, 3.05) is 5.83 Å². The molecule has 0 radical (unpaired) electrons. The molecular formula is C74H65Br5. The molecule has 0 aromatic heterocycles. The molecule has 0 fully saturated rings. The lowest BCUT2D eigenvalue weighted by Crippen LogP contribution is -1.93. The van der Waals surface area contributed by atoms with E-state index in [0.717, 1.165) is 95.8 Å². The van der Waals surface area contributed by atoms with Crippen molar-refractivity contribution >= 4 is 90.8 Å². The van der Waals surface area contributed by atoms with Crippen LogP contribution >= 0.6 is 79.6 Å². The van der Waals surface area contributed by atoms with Crippen LogP contribution < -0.4 is 0 Å². The van der Waals surface area contributed by atoms with Crippen LogP contribution in [0.5, 0.6) is 0 Å². The zero-order valence-electron chi connectivity index (χ0n) is 45.7. The van der Waals surface area contributed by atoms with Crippen LogP contribution in [0.1, 0.15) is 45.7 Å². The van der Waals surface area contributed by atoms with Gasteiger partial charge in [0.05, 0.1) is 0 Å². The van der Waals surface area contributed by atoms with E-state index in [2.05, 4.69) is 334 Å². The van der Waals surface area contributed by atoms with E-state index >= 15 is 0 Å². The Balaban J connectivity index is 0.000000700. The molecule has 0 nitrogen and oxygen atoms in total. The minimum Gasteiger partial charge on any atom is -0.103 e. The summed E-state index contributed by atoms with van der Waals surface area (Å²) >= 11 is 19.2. The Morgan fingerprint density at radius 3 is 0.987 bits per heavy atom. The van der Waals surface area contributed by atoms with Crippen LogP contribution in [0.25, 0.3) is 100 Å². The second-order valence-electron chi connectivity index (χ2n) is 18.6. The maximum absolute atomic E-state index is 4.18. The van der Waals surface area contributed by atoms with Gasteiger partial charge in [-0.25, -0.2) is 0 Å². The molecule has 9 aromatic carbocycles. The van der Waals surface area contributed by atoms with Crippen LogP contribution in [0.2, 0.25) is 0 Å². The van der Waals surface area contributed by atoms with Crippen LogP contribution in [0.4, 0.5) is 0 Å². The molecule has 0 saturated heterocycles. The standard InChI is InChI=1S/C62H44Br4.C8H12.C3H6.CH3Br/c1-5-39(3)41-17-25-47(26-18-41)51-33-55(59(63)35-53(51)49-27-19-42(20-28-49)40(4)6-2)57-37-62(66)58(38-61(57)65)56-34-52(48-29-21-45(22-30-48)43-13-9-7-10-14-43)54(36-60(56)64)50-31-23-46(24-32-50)44-15-11-8-12-16-44;1-4-5-6-7-8(2)3;1-3-2;1-2/h5-38H,1,3H2,2,4H3;4-7H,1H2,2-3H3;3H,1H2,2H3;1H3/b40-6+;6-5-;;. The number of rotatable bonds is 13. The van der Waals surface area contributed by atoms with Crippen molar-refractivity contribution in [2.24, 2.45) is 0 Å². The van der Waals surface area contributed by atoms with Gasteiger partial charge in [-0.15, -0.1) is 6.58 Å². The first-order valence-electron chi connectivity index (χ1n) is 25.8. The van der Waals surface area contributed by atoms with Crippen LogP contribution in [-0.2, 0) is 0 Å². The van der Waals surface area contributed by atoms with Crippen LogP contribution in [0.15, 0.2) is 286 Å². The van der Waals surface area contributed by atoms with Gasteiger partial charge in [-0.05, 0) is 188 Å². The quantitative estimate of drug-likeness (QED) is 0.0613. The minimum absolute atomic E-state index is 0.897. The fraction of sp³-hybridized carbons (Fsp3) is 0.0811. The second kappa shape index (κ2) is 30.8. The summed E-state index contributed by atoms with van der Waals surface area (Å²) in [5, 5.41) is 0. The molecule has 0 heterocycles. The van der Waals surface area contributed by atoms with Crippen molar-refractivity contribution in [1.82, 2.24) is 0 Å². The Kier molecular flexibility index (Phi) is 24.1. The van der Waals surface area contributed by atoms with Gasteiger partial charge in [0, 0.05) is 17.9 Å². The topological polar surface area (TPSA) is 0 Å². The van der Waals surface area contributed by atoms with Gasteiger partial charge in [0.2, 0.25) is 0 Å². The SMILES string of the molecule is C=C/C=C\C=C(C)C.C=CC.C=CC(=C)c1ccc(-c2cc(-c3cc(Br)c(-c4cc(-c5ccc(-c6ccccc6)cc5)c(-c5ccc(-c6ccccc6)cc5)cc4Br)cc3Br)c(Br)cc2-c2ccc(/C(C)=C/C)cc2)cc1.CBr. The van der Waals surface area contributed by atoms with Crippen molar-refractivity contribution < 1.29 is 0 Å². The predicted octanol–water partition coefficient (Wildman–Crippen LogP) is 25.6. The summed E-state index contributed by atoms with van der Waals surface area (Å²) in [6.45, 7) is 25.3. The molecule has 0 spiro atoms. The maximum Gasteiger partial charge on any atom is 0.0261 e. The van der Waals surface area contributed by atoms with Gasteiger partial charge in [-0.2, -0.15) is 0 Å². The average molecular weight is 1350 g/mol. The largest absolute Gasteiger partial charge is 0.103 e. The van der Waals surface area contributed by atoms with E-state index < -0.39 is 0 Å². The average Bonchev–Trinajstić information content (AvgIpc) is 3.52. The van der Waals surface area contributed by atoms with Gasteiger partial charge in [-0.1, -0.05) is 305 Å². The van der Waals surface area contributed by atoms with Gasteiger partial charge in [0.1, 0.15) is 0 Å². The molecule has 0 bridgehead atoms. The van der Waals surface area contributed by atoms with Gasteiger partial charge in [0.15, 0.2) is 0 Å². The zero-order valence-corrected chi connectivity index (χ0v) is 53.7. The molecule has 0 aliphatic carbocycles. The summed E-state index contributed by atoms with van der Waals surface area (Å²) in [5.74, 6) is 1.81. The highest BCUT2D eigenvalue weighted by molar-refractivity contribution is 9.11. The van der Waals surface area contributed by atoms with Gasteiger partial charge >= 0.3 is 0 Å². The van der Waals surface area contributed by atoms with E-state index in [-0.39, 0.29) is 0 Å². The van der Waals surface area contributed by atoms with E-state index in [1.807, 2.05) is 31.0 Å². The lowest BCUT2D eigenvalue weighted by molar-refractivity contribution is 1.39. The highest BCUT2D eigenvalue weighted by atomic mass is 79.9. The third-order valence-corrected chi connectivity index (χ3v) is 15.7. The lowest BCUT2D eigenvalue weighted by Gasteiger charge is -2.19. The summed E-state index contributed by atoms with van der Waals surface area (Å²) in [5.41, 5.74) is 23.9. The fourth-order valence-corrected chi connectivity index (χ4v) is 11.0. The van der Waals surface area contributed by atoms with E-state index in [4.69, 9.17) is 0 Å². The van der Waals surface area contributed by atoms with Crippen molar-refractivity contribution in [3.05, 3.63) is 298 Å². The maximum atomic E-state index is 4.18. The molecule has 79 heavy (non-hydrogen) atoms. The van der Waals surface area contributed by atoms with Gasteiger partial charge < -0.3 is 0 Å². The molecule has 0 atom stereocenters. The summed E-state index contributed by atoms with van der Waals surface area (Å²) in [4.78, 5) is 0. The summed E-state index contributed by atoms with van der Waals surface area (Å²) in [6.07, 6.45) is 13.4. The molecular weight excluding hydrogens is 1290 g/mol. The molecule has 0 aliphatic heterocycles. The molecule has 5 heteroatoms. The highest BCUT2D eigenvalue weighted by Crippen LogP contribution is 2.48. The summed E-state index contributed by atoms with van der Waals surface area (Å²) in [6, 6.07) is 70.0. The molecule has 0 N–H and O–H groups in total. The zero-order chi connectivity index (χ0) is 57.0. The molecule has 0 saturated carbocycles. The Morgan fingerprint density at radius 2 is 0.658 bits per heavy atom. The van der Waals surface area contributed by atoms with E-state index in [9.17, 15) is 0 Å². The van der Waals surface area contributed by atoms with Crippen molar-refractivity contribution in [3.8, 4) is 89.0 Å². The Labute approximate surface area is 513 Å². The molecule has 0 unspecified atom stereocenters. The third-order valence-electron chi connectivity index (χ3n) is 13.0. The van der Waals surface area contributed by atoms with Crippen LogP contribution in [0.3, 0.4) is 0 Å². The van der Waals surface area contributed by atoms with Crippen molar-refractivity contribution in [1.29, 1.82) is 0 Å². The number of hydrogen-bond donors (Lipinski definition) is 0. The molecule has 9 rings (SSSR count). The third kappa shape index (κ3) is 16.1. The summed E-state index contributed by atoms with van der Waals surface area (Å²) < 4.78 is 3.95. The molecule has 0 aliphatic rings. The van der Waals surface area contributed by atoms with Gasteiger partial charge in [0.25, 0.3) is 0 Å². The Hall–Kier alpha value is -6.44. The summed E-state index contributed by atoms with van der Waals surface area (Å²) in [7, 11) is 0. The number of benzene rings is 9. The minimum atomic E-state index is 0.897. The lowest BCUT2D eigenvalue weighted by atomic mass is 9.88. The molecule has 396 valence electrons. The van der Waals surface area contributed by atoms with Gasteiger partial charge in [-0.3, -0.25) is 0 Å². The van der Waals surface area contributed by atoms with Crippen molar-refractivity contribution in [2.45, 2.75) is 34.6 Å². The van der Waals surface area contributed by atoms with E-state index in [1.165, 1.54) is 39.0 Å². The van der Waals surface area contributed by atoms with Crippen LogP contribution in [0, 0.1) is 0 Å². The Morgan fingerprint density at radius 1 is 0.367 bits per heavy atom. The van der Waals surface area contributed by atoms with E-state index in [0.29, 0.717) is 0 Å². The second-order valence-corrected chi connectivity index (χ2v) is 22.0. The highest BCUT2D eigenvalue weighted by Gasteiger charge is 2.21.